The van der Waals surface area contributed by atoms with Crippen LogP contribution >= 0.6 is 0 Å². The van der Waals surface area contributed by atoms with Crippen molar-refractivity contribution in [2.75, 3.05) is 7.11 Å². The van der Waals surface area contributed by atoms with Gasteiger partial charge in [0, 0.05) is 24.0 Å². The number of phenols is 1. The number of ether oxygens (including phenoxy) is 1. The largest absolute Gasteiger partial charge is 0.508 e. The Hall–Kier alpha value is -4.60. The molecular weight excluding hydrogens is 547 g/mol. The van der Waals surface area contributed by atoms with E-state index in [4.69, 9.17) is 4.74 Å². The van der Waals surface area contributed by atoms with E-state index in [-0.39, 0.29) is 35.3 Å². The number of benzene rings is 3. The van der Waals surface area contributed by atoms with Crippen LogP contribution in [0.3, 0.4) is 0 Å². The lowest BCUT2D eigenvalue weighted by Gasteiger charge is -2.19. The predicted octanol–water partition coefficient (Wildman–Crippen LogP) is 5.56. The van der Waals surface area contributed by atoms with Crippen molar-refractivity contribution < 1.29 is 32.6 Å². The molecule has 0 bridgehead atoms. The van der Waals surface area contributed by atoms with Crippen molar-refractivity contribution >= 4 is 11.9 Å². The molecule has 1 aliphatic carbocycles. The number of carbonyl (C=O) groups excluding carboxylic acids is 2. The summed E-state index contributed by atoms with van der Waals surface area (Å²) in [4.78, 5) is 26.4. The third kappa shape index (κ3) is 6.32. The van der Waals surface area contributed by atoms with Crippen LogP contribution in [0.15, 0.2) is 66.7 Å². The first-order chi connectivity index (χ1) is 20.2. The van der Waals surface area contributed by atoms with Crippen LogP contribution in [0.2, 0.25) is 0 Å². The summed E-state index contributed by atoms with van der Waals surface area (Å²) < 4.78 is 49.3. The van der Waals surface area contributed by atoms with Crippen LogP contribution in [0.25, 0.3) is 5.69 Å². The maximum Gasteiger partial charge on any atom is 0.328 e. The second-order valence-corrected chi connectivity index (χ2v) is 10.4. The second-order valence-electron chi connectivity index (χ2n) is 10.4. The van der Waals surface area contributed by atoms with Crippen molar-refractivity contribution in [3.63, 3.8) is 0 Å². The van der Waals surface area contributed by atoms with Crippen molar-refractivity contribution in [1.82, 2.24) is 15.1 Å². The van der Waals surface area contributed by atoms with E-state index < -0.39 is 29.6 Å². The molecule has 7 nitrogen and oxygen atoms in total. The number of rotatable bonds is 8. The number of nitrogens with zero attached hydrogens (tertiary/aromatic N) is 2. The standard InChI is InChI=1S/C32H30F3N3O4/c1-42-32(41)27(17-19-9-12-24(39)13-10-19)36-31(40)29-25-8-3-2-6-21(15-20-5-4-7-22(33)16-20)30(25)38(37-29)28-14-11-23(34)18-26(28)35/h4-5,7,9-14,16,18,21,27,39H,2-3,6,8,15,17H2,1H3,(H,36,40)/t21?,27-/m1/s1. The van der Waals surface area contributed by atoms with Crippen LogP contribution in [0.5, 0.6) is 5.75 Å². The molecule has 3 aromatic carbocycles. The van der Waals surface area contributed by atoms with Gasteiger partial charge in [0.05, 0.1) is 12.8 Å². The number of nitrogens with one attached hydrogen (secondary N) is 1. The van der Waals surface area contributed by atoms with Crippen LogP contribution in [-0.2, 0) is 28.8 Å². The molecule has 2 atom stereocenters. The van der Waals surface area contributed by atoms with Crippen molar-refractivity contribution in [3.05, 3.63) is 112 Å². The minimum Gasteiger partial charge on any atom is -0.508 e. The zero-order valence-corrected chi connectivity index (χ0v) is 22.9. The number of hydrogen-bond donors (Lipinski definition) is 2. The van der Waals surface area contributed by atoms with Crippen molar-refractivity contribution in [2.24, 2.45) is 0 Å². The van der Waals surface area contributed by atoms with Crippen LogP contribution in [0.1, 0.15) is 58.1 Å². The molecule has 1 heterocycles. The molecule has 1 aromatic heterocycles. The summed E-state index contributed by atoms with van der Waals surface area (Å²) in [5.74, 6) is -3.46. The third-order valence-corrected chi connectivity index (χ3v) is 7.53. The Balaban J connectivity index is 1.56. The Morgan fingerprint density at radius 3 is 2.50 bits per heavy atom. The van der Waals surface area contributed by atoms with Gasteiger partial charge in [-0.1, -0.05) is 30.7 Å². The predicted molar refractivity (Wildman–Crippen MR) is 149 cm³/mol. The molecule has 218 valence electrons. The van der Waals surface area contributed by atoms with Gasteiger partial charge in [-0.05, 0) is 73.2 Å². The first kappa shape index (κ1) is 28.9. The van der Waals surface area contributed by atoms with E-state index >= 15 is 4.39 Å². The van der Waals surface area contributed by atoms with Crippen molar-refractivity contribution in [3.8, 4) is 11.4 Å². The Bertz CT molecular complexity index is 1600. The molecule has 0 saturated heterocycles. The third-order valence-electron chi connectivity index (χ3n) is 7.53. The summed E-state index contributed by atoms with van der Waals surface area (Å²) in [6.45, 7) is 0. The van der Waals surface area contributed by atoms with E-state index in [2.05, 4.69) is 10.4 Å². The van der Waals surface area contributed by atoms with E-state index in [1.165, 1.54) is 42.1 Å². The molecule has 1 unspecified atom stereocenters. The molecule has 5 rings (SSSR count). The average molecular weight is 578 g/mol. The van der Waals surface area contributed by atoms with Gasteiger partial charge in [-0.2, -0.15) is 5.10 Å². The molecule has 10 heteroatoms. The van der Waals surface area contributed by atoms with Crippen molar-refractivity contribution in [1.29, 1.82) is 0 Å². The average Bonchev–Trinajstić information content (AvgIpc) is 3.22. The van der Waals surface area contributed by atoms with Gasteiger partial charge >= 0.3 is 5.97 Å². The highest BCUT2D eigenvalue weighted by atomic mass is 19.1. The van der Waals surface area contributed by atoms with Gasteiger partial charge in [0.25, 0.3) is 5.91 Å². The summed E-state index contributed by atoms with van der Waals surface area (Å²) in [7, 11) is 1.22. The molecule has 2 N–H and O–H groups in total. The van der Waals surface area contributed by atoms with Gasteiger partial charge in [-0.15, -0.1) is 0 Å². The Kier molecular flexibility index (Phi) is 8.61. The van der Waals surface area contributed by atoms with E-state index in [1.54, 1.807) is 18.2 Å². The summed E-state index contributed by atoms with van der Waals surface area (Å²) in [5.41, 5.74) is 2.62. The van der Waals surface area contributed by atoms with Gasteiger partial charge < -0.3 is 15.2 Å². The molecule has 4 aromatic rings. The molecular formula is C32H30F3N3O4. The molecule has 1 amide bonds. The van der Waals surface area contributed by atoms with Crippen LogP contribution in [0, 0.1) is 17.5 Å². The number of aromatic hydroxyl groups is 1. The number of esters is 1. The first-order valence-electron chi connectivity index (χ1n) is 13.7. The lowest BCUT2D eigenvalue weighted by molar-refractivity contribution is -0.142. The van der Waals surface area contributed by atoms with Crippen LogP contribution in [0.4, 0.5) is 13.2 Å². The maximum absolute atomic E-state index is 15.1. The summed E-state index contributed by atoms with van der Waals surface area (Å²) >= 11 is 0. The van der Waals surface area contributed by atoms with E-state index in [0.29, 0.717) is 36.1 Å². The molecule has 42 heavy (non-hydrogen) atoms. The summed E-state index contributed by atoms with van der Waals surface area (Å²) in [6.07, 6.45) is 3.22. The topological polar surface area (TPSA) is 93.4 Å². The fourth-order valence-electron chi connectivity index (χ4n) is 5.55. The SMILES string of the molecule is COC(=O)[C@@H](Cc1ccc(O)cc1)NC(=O)c1nn(-c2ccc(F)cc2F)c2c1CCCCC2Cc1cccc(F)c1. The molecule has 0 saturated carbocycles. The van der Waals surface area contributed by atoms with Gasteiger partial charge in [-0.25, -0.2) is 22.6 Å². The van der Waals surface area contributed by atoms with E-state index in [9.17, 15) is 23.5 Å². The van der Waals surface area contributed by atoms with Gasteiger partial charge in [0.1, 0.15) is 29.1 Å². The number of methoxy groups -OCH3 is 1. The fraction of sp³-hybridized carbons (Fsp3) is 0.281. The van der Waals surface area contributed by atoms with Gasteiger partial charge in [0.15, 0.2) is 11.5 Å². The number of amides is 1. The molecule has 0 spiro atoms. The number of carbonyl (C=O) groups is 2. The monoisotopic (exact) mass is 577 g/mol. The molecule has 0 aliphatic heterocycles. The molecule has 0 fully saturated rings. The lowest BCUT2D eigenvalue weighted by atomic mass is 9.90. The highest BCUT2D eigenvalue weighted by Gasteiger charge is 2.33. The summed E-state index contributed by atoms with van der Waals surface area (Å²) in [6, 6.07) is 14.5. The first-order valence-corrected chi connectivity index (χ1v) is 13.7. The highest BCUT2D eigenvalue weighted by molar-refractivity contribution is 5.97. The fourth-order valence-corrected chi connectivity index (χ4v) is 5.55. The lowest BCUT2D eigenvalue weighted by Crippen LogP contribution is -2.43. The molecule has 1 aliphatic rings. The highest BCUT2D eigenvalue weighted by Crippen LogP contribution is 2.37. The quantitative estimate of drug-likeness (QED) is 0.211. The van der Waals surface area contributed by atoms with E-state index in [0.717, 1.165) is 30.5 Å². The zero-order valence-electron chi connectivity index (χ0n) is 22.9. The van der Waals surface area contributed by atoms with Crippen LogP contribution in [-0.4, -0.2) is 39.9 Å². The number of fused-ring (bicyclic) bond motifs is 1. The van der Waals surface area contributed by atoms with Crippen LogP contribution < -0.4 is 5.32 Å². The number of aromatic nitrogens is 2. The molecule has 0 radical (unpaired) electrons. The second kappa shape index (κ2) is 12.5. The minimum absolute atomic E-state index is 0.0218. The smallest absolute Gasteiger partial charge is 0.328 e. The van der Waals surface area contributed by atoms with Gasteiger partial charge in [0.2, 0.25) is 0 Å². The van der Waals surface area contributed by atoms with E-state index in [1.807, 2.05) is 6.07 Å². The Labute approximate surface area is 240 Å². The zero-order chi connectivity index (χ0) is 29.8. The minimum atomic E-state index is -1.07. The normalized spacial score (nSPS) is 15.4. The number of halogens is 3. The number of hydrogen-bond acceptors (Lipinski definition) is 5. The maximum atomic E-state index is 15.1. The van der Waals surface area contributed by atoms with Gasteiger partial charge in [-0.3, -0.25) is 4.79 Å². The summed E-state index contributed by atoms with van der Waals surface area (Å²) in [5, 5.41) is 16.9. The Morgan fingerprint density at radius 2 is 1.79 bits per heavy atom. The Morgan fingerprint density at radius 1 is 1.02 bits per heavy atom. The number of phenolic OH excluding ortho intramolecular Hbond substituents is 1. The van der Waals surface area contributed by atoms with Crippen molar-refractivity contribution in [2.45, 2.75) is 50.5 Å².